The summed E-state index contributed by atoms with van der Waals surface area (Å²) in [6, 6.07) is 4.18. The lowest BCUT2D eigenvalue weighted by atomic mass is 10.1. The van der Waals surface area contributed by atoms with E-state index >= 15 is 0 Å². The van der Waals surface area contributed by atoms with Crippen molar-refractivity contribution in [3.63, 3.8) is 0 Å². The van der Waals surface area contributed by atoms with Crippen molar-refractivity contribution in [3.8, 4) is 0 Å². The molecule has 1 N–H and O–H groups in total. The van der Waals surface area contributed by atoms with Crippen molar-refractivity contribution in [2.45, 2.75) is 25.8 Å². The first kappa shape index (κ1) is 11.4. The molecule has 1 aliphatic rings. The summed E-state index contributed by atoms with van der Waals surface area (Å²) in [5.74, 6) is 1.70. The molecule has 2 aromatic heterocycles. The predicted molar refractivity (Wildman–Crippen MR) is 70.2 cm³/mol. The van der Waals surface area contributed by atoms with E-state index in [9.17, 15) is 0 Å². The zero-order chi connectivity index (χ0) is 12.4. The molecule has 0 bridgehead atoms. The molecule has 0 saturated carbocycles. The van der Waals surface area contributed by atoms with Gasteiger partial charge in [0, 0.05) is 43.3 Å². The van der Waals surface area contributed by atoms with Crippen LogP contribution < -0.4 is 0 Å². The van der Waals surface area contributed by atoms with Crippen LogP contribution >= 0.6 is 0 Å². The summed E-state index contributed by atoms with van der Waals surface area (Å²) in [5, 5.41) is 0. The molecule has 4 heteroatoms. The fourth-order valence-corrected chi connectivity index (χ4v) is 2.59. The quantitative estimate of drug-likeness (QED) is 0.896. The van der Waals surface area contributed by atoms with Crippen molar-refractivity contribution in [2.75, 3.05) is 13.1 Å². The number of rotatable bonds is 3. The monoisotopic (exact) mass is 242 g/mol. The van der Waals surface area contributed by atoms with Crippen LogP contribution in [0.15, 0.2) is 30.7 Å². The number of likely N-dealkylation sites (tertiary alicyclic amines) is 1. The summed E-state index contributed by atoms with van der Waals surface area (Å²) < 4.78 is 0. The van der Waals surface area contributed by atoms with Gasteiger partial charge in [0.1, 0.15) is 5.82 Å². The van der Waals surface area contributed by atoms with Crippen LogP contribution in [-0.2, 0) is 6.54 Å². The zero-order valence-corrected chi connectivity index (χ0v) is 10.6. The van der Waals surface area contributed by atoms with Gasteiger partial charge in [0.25, 0.3) is 0 Å². The maximum absolute atomic E-state index is 4.45. The van der Waals surface area contributed by atoms with Crippen LogP contribution in [0.2, 0.25) is 0 Å². The number of pyridine rings is 1. The Bertz CT molecular complexity index is 506. The molecule has 1 saturated heterocycles. The van der Waals surface area contributed by atoms with Crippen LogP contribution in [0, 0.1) is 6.92 Å². The van der Waals surface area contributed by atoms with E-state index < -0.39 is 0 Å². The highest BCUT2D eigenvalue weighted by Crippen LogP contribution is 2.25. The average molecular weight is 242 g/mol. The van der Waals surface area contributed by atoms with E-state index in [0.717, 1.165) is 31.2 Å². The molecule has 0 aromatic carbocycles. The molecule has 1 aliphatic heterocycles. The minimum atomic E-state index is 0.556. The number of hydrogen-bond donors (Lipinski definition) is 1. The summed E-state index contributed by atoms with van der Waals surface area (Å²) in [5.41, 5.74) is 2.49. The highest BCUT2D eigenvalue weighted by molar-refractivity contribution is 5.11. The third kappa shape index (κ3) is 2.43. The summed E-state index contributed by atoms with van der Waals surface area (Å²) >= 11 is 0. The Hall–Kier alpha value is -1.68. The van der Waals surface area contributed by atoms with Crippen LogP contribution in [0.3, 0.4) is 0 Å². The molecule has 2 aromatic rings. The molecule has 0 radical (unpaired) electrons. The van der Waals surface area contributed by atoms with Gasteiger partial charge in [-0.05, 0) is 37.6 Å². The number of aromatic nitrogens is 3. The molecule has 94 valence electrons. The molecule has 4 nitrogen and oxygen atoms in total. The van der Waals surface area contributed by atoms with Gasteiger partial charge in [-0.3, -0.25) is 9.88 Å². The van der Waals surface area contributed by atoms with Gasteiger partial charge in [0.2, 0.25) is 0 Å². The van der Waals surface area contributed by atoms with Gasteiger partial charge in [0.05, 0.1) is 0 Å². The summed E-state index contributed by atoms with van der Waals surface area (Å²) in [6.45, 7) is 5.31. The number of hydrogen-bond acceptors (Lipinski definition) is 3. The van der Waals surface area contributed by atoms with E-state index in [1.807, 2.05) is 18.6 Å². The van der Waals surface area contributed by atoms with Gasteiger partial charge in [-0.25, -0.2) is 4.98 Å². The van der Waals surface area contributed by atoms with Crippen LogP contribution in [0.4, 0.5) is 0 Å². The second-order valence-electron chi connectivity index (χ2n) is 5.03. The molecule has 0 spiro atoms. The summed E-state index contributed by atoms with van der Waals surface area (Å²) in [6.07, 6.45) is 6.83. The molecule has 3 heterocycles. The minimum Gasteiger partial charge on any atom is -0.346 e. The average Bonchev–Trinajstić information content (AvgIpc) is 2.99. The molecule has 18 heavy (non-hydrogen) atoms. The van der Waals surface area contributed by atoms with Gasteiger partial charge < -0.3 is 4.98 Å². The second kappa shape index (κ2) is 4.90. The SMILES string of the molecule is Cc1cnc([C@H]2CCN(Cc3ccncc3)C2)[nH]1. The maximum Gasteiger partial charge on any atom is 0.110 e. The Morgan fingerprint density at radius 2 is 2.22 bits per heavy atom. The Balaban J connectivity index is 1.62. The molecule has 0 amide bonds. The largest absolute Gasteiger partial charge is 0.346 e. The normalized spacial score (nSPS) is 20.4. The Morgan fingerprint density at radius 3 is 2.94 bits per heavy atom. The third-order valence-corrected chi connectivity index (χ3v) is 3.54. The first-order chi connectivity index (χ1) is 8.81. The molecular weight excluding hydrogens is 224 g/mol. The molecular formula is C14H18N4. The third-order valence-electron chi connectivity index (χ3n) is 3.54. The van der Waals surface area contributed by atoms with Gasteiger partial charge in [-0.15, -0.1) is 0 Å². The lowest BCUT2D eigenvalue weighted by molar-refractivity contribution is 0.326. The van der Waals surface area contributed by atoms with Crippen molar-refractivity contribution >= 4 is 0 Å². The lowest BCUT2D eigenvalue weighted by Gasteiger charge is -2.15. The van der Waals surface area contributed by atoms with E-state index in [1.54, 1.807) is 0 Å². The van der Waals surface area contributed by atoms with Crippen molar-refractivity contribution in [3.05, 3.63) is 47.8 Å². The first-order valence-corrected chi connectivity index (χ1v) is 6.44. The van der Waals surface area contributed by atoms with E-state index in [4.69, 9.17) is 0 Å². The number of nitrogens with one attached hydrogen (secondary N) is 1. The van der Waals surface area contributed by atoms with Gasteiger partial charge in [-0.2, -0.15) is 0 Å². The zero-order valence-electron chi connectivity index (χ0n) is 10.6. The fraction of sp³-hybridized carbons (Fsp3) is 0.429. The van der Waals surface area contributed by atoms with Gasteiger partial charge in [-0.1, -0.05) is 0 Å². The van der Waals surface area contributed by atoms with Crippen LogP contribution in [0.1, 0.15) is 29.4 Å². The number of aryl methyl sites for hydroxylation is 1. The van der Waals surface area contributed by atoms with Crippen LogP contribution in [0.5, 0.6) is 0 Å². The molecule has 0 unspecified atom stereocenters. The van der Waals surface area contributed by atoms with Crippen molar-refractivity contribution in [1.29, 1.82) is 0 Å². The Labute approximate surface area is 107 Å². The fourth-order valence-electron chi connectivity index (χ4n) is 2.59. The summed E-state index contributed by atoms with van der Waals surface area (Å²) in [7, 11) is 0. The number of H-pyrrole nitrogens is 1. The van der Waals surface area contributed by atoms with E-state index in [2.05, 4.69) is 38.9 Å². The highest BCUT2D eigenvalue weighted by Gasteiger charge is 2.25. The molecule has 1 fully saturated rings. The van der Waals surface area contributed by atoms with Gasteiger partial charge >= 0.3 is 0 Å². The standard InChI is InChI=1S/C14H18N4/c1-11-8-16-14(17-11)13-4-7-18(10-13)9-12-2-5-15-6-3-12/h2-3,5-6,8,13H,4,7,9-10H2,1H3,(H,16,17)/t13-/m0/s1. The molecule has 1 atom stereocenters. The maximum atomic E-state index is 4.45. The number of aromatic amines is 1. The highest BCUT2D eigenvalue weighted by atomic mass is 15.2. The van der Waals surface area contributed by atoms with Crippen molar-refractivity contribution < 1.29 is 0 Å². The van der Waals surface area contributed by atoms with E-state index in [0.29, 0.717) is 5.92 Å². The molecule has 3 rings (SSSR count). The number of nitrogens with zero attached hydrogens (tertiary/aromatic N) is 3. The van der Waals surface area contributed by atoms with Crippen LogP contribution in [0.25, 0.3) is 0 Å². The van der Waals surface area contributed by atoms with E-state index in [1.165, 1.54) is 12.0 Å². The Morgan fingerprint density at radius 1 is 1.39 bits per heavy atom. The van der Waals surface area contributed by atoms with Gasteiger partial charge in [0.15, 0.2) is 0 Å². The van der Waals surface area contributed by atoms with Crippen LogP contribution in [-0.4, -0.2) is 32.9 Å². The minimum absolute atomic E-state index is 0.556. The lowest BCUT2D eigenvalue weighted by Crippen LogP contribution is -2.19. The smallest absolute Gasteiger partial charge is 0.110 e. The second-order valence-corrected chi connectivity index (χ2v) is 5.03. The topological polar surface area (TPSA) is 44.8 Å². The Kier molecular flexibility index (Phi) is 3.11. The van der Waals surface area contributed by atoms with Crippen molar-refractivity contribution in [1.82, 2.24) is 19.9 Å². The molecule has 0 aliphatic carbocycles. The van der Waals surface area contributed by atoms with Crippen molar-refractivity contribution in [2.24, 2.45) is 0 Å². The van der Waals surface area contributed by atoms with E-state index in [-0.39, 0.29) is 0 Å². The summed E-state index contributed by atoms with van der Waals surface area (Å²) in [4.78, 5) is 14.3. The predicted octanol–water partition coefficient (Wildman–Crippen LogP) is 2.10. The first-order valence-electron chi connectivity index (χ1n) is 6.44. The number of imidazole rings is 1.